The zero-order chi connectivity index (χ0) is 37.6. The van der Waals surface area contributed by atoms with E-state index in [-0.39, 0.29) is 29.9 Å². The SMILES string of the molecule is CC(C)(C)OC(=O)NC1CCN(C(=O)[C@@H]2CN(Cc3ccc(-c4ccc(Cl)cc4)nc3)CCN2S(=O)(=O)c2ccc(OCC3CCCCC3)cc2)CC1. The minimum absolute atomic E-state index is 0.135. The molecular weight excluding hydrogens is 714 g/mol. The monoisotopic (exact) mass is 765 g/mol. The average Bonchev–Trinajstić information content (AvgIpc) is 3.14. The van der Waals surface area contributed by atoms with E-state index in [4.69, 9.17) is 21.1 Å². The number of hydrogen-bond donors (Lipinski definition) is 1. The largest absolute Gasteiger partial charge is 0.493 e. The number of halogens is 1. The van der Waals surface area contributed by atoms with Crippen LogP contribution in [-0.4, -0.2) is 96.5 Å². The van der Waals surface area contributed by atoms with E-state index >= 15 is 0 Å². The van der Waals surface area contributed by atoms with Crippen LogP contribution in [0.5, 0.6) is 5.75 Å². The van der Waals surface area contributed by atoms with Crippen molar-refractivity contribution < 1.29 is 27.5 Å². The second-order valence-electron chi connectivity index (χ2n) is 15.5. The molecule has 1 aliphatic carbocycles. The molecule has 6 rings (SSSR count). The standard InChI is InChI=1S/C40H52ClN5O6S/c1-40(2,3)52-39(48)43-33-19-21-45(22-20-33)38(47)37-27-44(26-30-9-18-36(42-25-30)31-10-12-32(41)13-11-31)23-24-46(37)53(49,50)35-16-14-34(15-17-35)51-28-29-7-5-4-6-8-29/h9-18,25,29,33,37H,4-8,19-24,26-28H2,1-3H3,(H,43,48)/t37-/m0/s1. The maximum absolute atomic E-state index is 14.3. The number of alkyl carbamates (subject to hydrolysis) is 1. The van der Waals surface area contributed by atoms with Crippen molar-refractivity contribution in [1.29, 1.82) is 0 Å². The Morgan fingerprint density at radius 2 is 1.58 bits per heavy atom. The van der Waals surface area contributed by atoms with Gasteiger partial charge in [0.05, 0.1) is 17.2 Å². The fraction of sp³-hybridized carbons (Fsp3) is 0.525. The number of sulfonamides is 1. The summed E-state index contributed by atoms with van der Waals surface area (Å²) in [7, 11) is -4.02. The number of nitrogens with zero attached hydrogens (tertiary/aromatic N) is 4. The third-order valence-electron chi connectivity index (χ3n) is 10.2. The van der Waals surface area contributed by atoms with Gasteiger partial charge in [0, 0.05) is 62.1 Å². The molecule has 1 N–H and O–H groups in total. The minimum Gasteiger partial charge on any atom is -0.493 e. The molecule has 11 nitrogen and oxygen atoms in total. The Bertz CT molecular complexity index is 1790. The Morgan fingerprint density at radius 1 is 0.887 bits per heavy atom. The van der Waals surface area contributed by atoms with E-state index in [9.17, 15) is 18.0 Å². The molecule has 0 unspecified atom stereocenters. The molecule has 1 saturated carbocycles. The molecule has 2 aromatic carbocycles. The molecule has 3 heterocycles. The molecule has 3 aliphatic rings. The maximum atomic E-state index is 14.3. The second-order valence-corrected chi connectivity index (χ2v) is 17.8. The lowest BCUT2D eigenvalue weighted by Crippen LogP contribution is -2.61. The van der Waals surface area contributed by atoms with E-state index < -0.39 is 27.8 Å². The van der Waals surface area contributed by atoms with Crippen molar-refractivity contribution in [1.82, 2.24) is 24.4 Å². The Balaban J connectivity index is 1.15. The van der Waals surface area contributed by atoms with E-state index in [2.05, 4.69) is 15.2 Å². The molecule has 2 aliphatic heterocycles. The molecule has 13 heteroatoms. The number of likely N-dealkylation sites (tertiary alicyclic amines) is 1. The number of hydrogen-bond acceptors (Lipinski definition) is 8. The van der Waals surface area contributed by atoms with E-state index in [1.165, 1.54) is 23.6 Å². The van der Waals surface area contributed by atoms with Gasteiger partial charge in [-0.3, -0.25) is 14.7 Å². The first kappa shape index (κ1) is 39.0. The van der Waals surface area contributed by atoms with Crippen molar-refractivity contribution in [3.63, 3.8) is 0 Å². The Hall–Kier alpha value is -3.71. The van der Waals surface area contributed by atoms with Gasteiger partial charge in [-0.1, -0.05) is 49.1 Å². The summed E-state index contributed by atoms with van der Waals surface area (Å²) >= 11 is 6.06. The third-order valence-corrected chi connectivity index (χ3v) is 12.4. The number of rotatable bonds is 10. The number of carbonyl (C=O) groups excluding carboxylic acids is 2. The Kier molecular flexibility index (Phi) is 12.6. The highest BCUT2D eigenvalue weighted by molar-refractivity contribution is 7.89. The number of aromatic nitrogens is 1. The molecular formula is C40H52ClN5O6S. The predicted molar refractivity (Wildman–Crippen MR) is 205 cm³/mol. The number of piperazine rings is 1. The number of ether oxygens (including phenoxy) is 2. The van der Waals surface area contributed by atoms with Gasteiger partial charge in [-0.25, -0.2) is 13.2 Å². The van der Waals surface area contributed by atoms with Crippen molar-refractivity contribution in [3.05, 3.63) is 77.4 Å². The topological polar surface area (TPSA) is 121 Å². The van der Waals surface area contributed by atoms with Gasteiger partial charge in [0.25, 0.3) is 0 Å². The van der Waals surface area contributed by atoms with E-state index in [0.717, 1.165) is 29.7 Å². The molecule has 1 aromatic heterocycles. The van der Waals surface area contributed by atoms with Crippen molar-refractivity contribution in [3.8, 4) is 17.0 Å². The summed E-state index contributed by atoms with van der Waals surface area (Å²) in [5.74, 6) is 0.939. The molecule has 0 spiro atoms. The summed E-state index contributed by atoms with van der Waals surface area (Å²) in [5.41, 5.74) is 2.13. The van der Waals surface area contributed by atoms with E-state index in [1.54, 1.807) is 29.2 Å². The van der Waals surface area contributed by atoms with Crippen LogP contribution in [0.3, 0.4) is 0 Å². The van der Waals surface area contributed by atoms with Gasteiger partial charge in [0.1, 0.15) is 17.4 Å². The normalized spacial score (nSPS) is 19.8. The lowest BCUT2D eigenvalue weighted by atomic mass is 9.90. The van der Waals surface area contributed by atoms with Crippen LogP contribution in [0.25, 0.3) is 11.3 Å². The minimum atomic E-state index is -4.02. The van der Waals surface area contributed by atoms with Crippen LogP contribution in [0.4, 0.5) is 4.79 Å². The predicted octanol–water partition coefficient (Wildman–Crippen LogP) is 6.75. The molecule has 286 valence electrons. The van der Waals surface area contributed by atoms with Crippen molar-refractivity contribution >= 4 is 33.6 Å². The number of benzene rings is 2. The summed E-state index contributed by atoms with van der Waals surface area (Å²) < 4.78 is 41.4. The van der Waals surface area contributed by atoms with Gasteiger partial charge in [-0.2, -0.15) is 4.31 Å². The van der Waals surface area contributed by atoms with Crippen LogP contribution < -0.4 is 10.1 Å². The van der Waals surface area contributed by atoms with E-state index in [1.807, 2.05) is 63.4 Å². The molecule has 1 atom stereocenters. The maximum Gasteiger partial charge on any atom is 0.407 e. The number of piperidine rings is 1. The van der Waals surface area contributed by atoms with Crippen molar-refractivity contribution in [2.45, 2.75) is 94.8 Å². The second kappa shape index (κ2) is 17.2. The fourth-order valence-electron chi connectivity index (χ4n) is 7.36. The first-order valence-electron chi connectivity index (χ1n) is 18.8. The highest BCUT2D eigenvalue weighted by atomic mass is 35.5. The van der Waals surface area contributed by atoms with Crippen LogP contribution in [-0.2, 0) is 26.1 Å². The van der Waals surface area contributed by atoms with Crippen LogP contribution >= 0.6 is 11.6 Å². The number of amides is 2. The molecule has 3 aromatic rings. The highest BCUT2D eigenvalue weighted by Gasteiger charge is 2.42. The summed E-state index contributed by atoms with van der Waals surface area (Å²) in [6, 6.07) is 17.0. The van der Waals surface area contributed by atoms with Crippen molar-refractivity contribution in [2.24, 2.45) is 5.92 Å². The highest BCUT2D eigenvalue weighted by Crippen LogP contribution is 2.29. The summed E-state index contributed by atoms with van der Waals surface area (Å²) in [4.78, 5) is 35.3. The van der Waals surface area contributed by atoms with Gasteiger partial charge < -0.3 is 19.7 Å². The summed E-state index contributed by atoms with van der Waals surface area (Å²) in [6.07, 6.45) is 8.49. The summed E-state index contributed by atoms with van der Waals surface area (Å²) in [6.45, 7) is 8.22. The average molecular weight is 766 g/mol. The summed E-state index contributed by atoms with van der Waals surface area (Å²) in [5, 5.41) is 3.58. The number of pyridine rings is 1. The lowest BCUT2D eigenvalue weighted by molar-refractivity contribution is -0.138. The van der Waals surface area contributed by atoms with Gasteiger partial charge >= 0.3 is 6.09 Å². The molecule has 2 amide bonds. The third kappa shape index (κ3) is 10.5. The van der Waals surface area contributed by atoms with Gasteiger partial charge in [0.2, 0.25) is 15.9 Å². The zero-order valence-electron chi connectivity index (χ0n) is 31.0. The van der Waals surface area contributed by atoms with Gasteiger partial charge in [-0.05, 0) is 100 Å². The first-order valence-corrected chi connectivity index (χ1v) is 20.6. The van der Waals surface area contributed by atoms with Gasteiger partial charge in [-0.15, -0.1) is 0 Å². The first-order chi connectivity index (χ1) is 25.3. The fourth-order valence-corrected chi connectivity index (χ4v) is 9.05. The zero-order valence-corrected chi connectivity index (χ0v) is 32.6. The van der Waals surface area contributed by atoms with Crippen LogP contribution in [0.1, 0.15) is 71.3 Å². The molecule has 3 fully saturated rings. The smallest absolute Gasteiger partial charge is 0.407 e. The van der Waals surface area contributed by atoms with E-state index in [0.29, 0.717) is 62.3 Å². The van der Waals surface area contributed by atoms with Crippen molar-refractivity contribution in [2.75, 3.05) is 39.3 Å². The van der Waals surface area contributed by atoms with Crippen LogP contribution in [0.15, 0.2) is 71.8 Å². The number of nitrogens with one attached hydrogen (secondary N) is 1. The van der Waals surface area contributed by atoms with Crippen LogP contribution in [0.2, 0.25) is 5.02 Å². The quantitative estimate of drug-likeness (QED) is 0.241. The molecule has 0 bridgehead atoms. The molecule has 2 saturated heterocycles. The van der Waals surface area contributed by atoms with Gasteiger partial charge in [0.15, 0.2) is 0 Å². The Morgan fingerprint density at radius 3 is 2.23 bits per heavy atom. The number of carbonyl (C=O) groups is 2. The lowest BCUT2D eigenvalue weighted by Gasteiger charge is -2.42. The van der Waals surface area contributed by atoms with Crippen LogP contribution in [0, 0.1) is 5.92 Å². The molecule has 53 heavy (non-hydrogen) atoms. The Labute approximate surface area is 319 Å². The molecule has 0 radical (unpaired) electrons.